The molecule has 1 unspecified atom stereocenters. The molecule has 6 nitrogen and oxygen atoms in total. The predicted octanol–water partition coefficient (Wildman–Crippen LogP) is 5.07. The van der Waals surface area contributed by atoms with Crippen LogP contribution in [0.1, 0.15) is 22.2 Å². The number of amides is 1. The summed E-state index contributed by atoms with van der Waals surface area (Å²) in [7, 11) is 0. The third kappa shape index (κ3) is 3.37. The summed E-state index contributed by atoms with van der Waals surface area (Å²) >= 11 is 12.2. The van der Waals surface area contributed by atoms with E-state index in [0.717, 1.165) is 0 Å². The van der Waals surface area contributed by atoms with E-state index in [0.29, 0.717) is 5.56 Å². The first kappa shape index (κ1) is 19.1. The third-order valence-corrected chi connectivity index (χ3v) is 4.95. The highest BCUT2D eigenvalue weighted by Gasteiger charge is 2.45. The molecule has 1 amide bonds. The Hall–Kier alpha value is -3.22. The molecular weight excluding hydrogens is 417 g/mol. The molecule has 0 aliphatic carbocycles. The van der Waals surface area contributed by atoms with Gasteiger partial charge in [-0.15, -0.1) is 0 Å². The van der Waals surface area contributed by atoms with Crippen LogP contribution in [0.2, 0.25) is 10.0 Å². The second-order valence-corrected chi connectivity index (χ2v) is 7.24. The van der Waals surface area contributed by atoms with Crippen molar-refractivity contribution in [3.8, 4) is 5.75 Å². The minimum atomic E-state index is -1.03. The number of nitrogens with zero attached hydrogens (tertiary/aromatic N) is 1. The molecule has 8 heteroatoms. The van der Waals surface area contributed by atoms with Crippen LogP contribution in [0.15, 0.2) is 76.6 Å². The average Bonchev–Trinajstić information content (AvgIpc) is 3.28. The molecule has 1 aliphatic heterocycles. The van der Waals surface area contributed by atoms with E-state index in [9.17, 15) is 19.8 Å². The van der Waals surface area contributed by atoms with E-state index in [4.69, 9.17) is 27.6 Å². The zero-order valence-corrected chi connectivity index (χ0v) is 16.2. The maximum atomic E-state index is 13.0. The van der Waals surface area contributed by atoms with Crippen molar-refractivity contribution in [3.05, 3.63) is 93.6 Å². The first-order chi connectivity index (χ1) is 13.9. The number of phenolic OH excluding ortho intramolecular Hbond substituents is 1. The van der Waals surface area contributed by atoms with Crippen LogP contribution in [0.3, 0.4) is 0 Å². The van der Waals surface area contributed by atoms with Crippen molar-refractivity contribution in [2.45, 2.75) is 6.04 Å². The molecule has 3 aromatic rings. The smallest absolute Gasteiger partial charge is 0.294 e. The van der Waals surface area contributed by atoms with Gasteiger partial charge in [-0.05, 0) is 48.0 Å². The van der Waals surface area contributed by atoms with Crippen LogP contribution in [-0.4, -0.2) is 21.9 Å². The number of anilines is 1. The van der Waals surface area contributed by atoms with Crippen molar-refractivity contribution in [1.82, 2.24) is 0 Å². The van der Waals surface area contributed by atoms with E-state index in [1.165, 1.54) is 53.6 Å². The Morgan fingerprint density at radius 3 is 2.34 bits per heavy atom. The van der Waals surface area contributed by atoms with E-state index in [1.54, 1.807) is 12.1 Å². The van der Waals surface area contributed by atoms with Crippen molar-refractivity contribution in [2.24, 2.45) is 0 Å². The van der Waals surface area contributed by atoms with Crippen molar-refractivity contribution in [1.29, 1.82) is 0 Å². The highest BCUT2D eigenvalue weighted by atomic mass is 35.5. The fourth-order valence-corrected chi connectivity index (χ4v) is 3.85. The number of aliphatic hydroxyl groups is 1. The Morgan fingerprint density at radius 2 is 1.72 bits per heavy atom. The lowest BCUT2D eigenvalue weighted by molar-refractivity contribution is -0.117. The molecule has 1 aromatic heterocycles. The Labute approximate surface area is 175 Å². The second kappa shape index (κ2) is 7.31. The highest BCUT2D eigenvalue weighted by molar-refractivity contribution is 6.35. The maximum absolute atomic E-state index is 13.0. The first-order valence-electron chi connectivity index (χ1n) is 8.46. The minimum absolute atomic E-state index is 0.0320. The van der Waals surface area contributed by atoms with Gasteiger partial charge in [-0.1, -0.05) is 35.3 Å². The summed E-state index contributed by atoms with van der Waals surface area (Å²) in [5.41, 5.74) is 0.523. The van der Waals surface area contributed by atoms with Crippen molar-refractivity contribution in [2.75, 3.05) is 4.90 Å². The van der Waals surface area contributed by atoms with Crippen LogP contribution < -0.4 is 4.90 Å². The molecule has 0 saturated heterocycles. The molecule has 4 rings (SSSR count). The predicted molar refractivity (Wildman–Crippen MR) is 107 cm³/mol. The average molecular weight is 430 g/mol. The fraction of sp³-hybridized carbons (Fsp3) is 0.0476. The molecule has 1 aliphatic rings. The van der Waals surface area contributed by atoms with E-state index in [2.05, 4.69) is 0 Å². The molecule has 0 radical (unpaired) electrons. The number of hydrogen-bond donors (Lipinski definition) is 2. The van der Waals surface area contributed by atoms with Gasteiger partial charge in [0.1, 0.15) is 5.75 Å². The van der Waals surface area contributed by atoms with Crippen LogP contribution in [0.5, 0.6) is 5.75 Å². The van der Waals surface area contributed by atoms with Gasteiger partial charge < -0.3 is 14.6 Å². The summed E-state index contributed by atoms with van der Waals surface area (Å²) in [6.07, 6.45) is 1.32. The molecular formula is C21H13Cl2NO5. The molecule has 0 saturated carbocycles. The molecule has 2 aromatic carbocycles. The van der Waals surface area contributed by atoms with Gasteiger partial charge in [0, 0.05) is 15.7 Å². The number of aromatic hydroxyl groups is 1. The maximum Gasteiger partial charge on any atom is 0.294 e. The number of carbonyl (C=O) groups is 2. The lowest BCUT2D eigenvalue weighted by atomic mass is 9.94. The lowest BCUT2D eigenvalue weighted by Gasteiger charge is -2.27. The second-order valence-electron chi connectivity index (χ2n) is 6.37. The first-order valence-corrected chi connectivity index (χ1v) is 9.22. The molecule has 1 atom stereocenters. The number of halogens is 2. The molecule has 2 N–H and O–H groups in total. The van der Waals surface area contributed by atoms with E-state index < -0.39 is 23.5 Å². The highest BCUT2D eigenvalue weighted by Crippen LogP contribution is 2.43. The van der Waals surface area contributed by atoms with Crippen molar-refractivity contribution >= 4 is 40.6 Å². The number of aliphatic hydroxyl groups excluding tert-OH is 1. The van der Waals surface area contributed by atoms with Crippen molar-refractivity contribution < 1.29 is 24.2 Å². The van der Waals surface area contributed by atoms with Crippen LogP contribution >= 0.6 is 23.2 Å². The molecule has 0 spiro atoms. The number of ketones is 1. The van der Waals surface area contributed by atoms with Crippen LogP contribution in [-0.2, 0) is 4.79 Å². The Kier molecular flexibility index (Phi) is 4.82. The zero-order valence-electron chi connectivity index (χ0n) is 14.7. The number of benzene rings is 2. The van der Waals surface area contributed by atoms with E-state index in [-0.39, 0.29) is 32.8 Å². The lowest BCUT2D eigenvalue weighted by Crippen LogP contribution is -2.31. The van der Waals surface area contributed by atoms with Crippen LogP contribution in [0.25, 0.3) is 0 Å². The molecule has 2 heterocycles. The molecule has 0 bridgehead atoms. The Morgan fingerprint density at radius 1 is 1.00 bits per heavy atom. The number of Topliss-reactive ketones (excluding diaryl/α,β-unsaturated/α-hetero) is 1. The molecule has 0 fully saturated rings. The summed E-state index contributed by atoms with van der Waals surface area (Å²) in [6.45, 7) is 0. The SMILES string of the molecule is O=C(C1=C(O)C(=O)N(c2cc(Cl)cc(Cl)c2)C1c1cccc(O)c1)c1ccco1. The van der Waals surface area contributed by atoms with Gasteiger partial charge in [0.05, 0.1) is 17.9 Å². The van der Waals surface area contributed by atoms with Gasteiger partial charge in [-0.25, -0.2) is 0 Å². The number of phenols is 1. The Bertz CT molecular complexity index is 1130. The quantitative estimate of drug-likeness (QED) is 0.564. The van der Waals surface area contributed by atoms with Crippen molar-refractivity contribution in [3.63, 3.8) is 0 Å². The number of carbonyl (C=O) groups excluding carboxylic acids is 2. The van der Waals surface area contributed by atoms with Crippen LogP contribution in [0, 0.1) is 0 Å². The number of hydrogen-bond acceptors (Lipinski definition) is 5. The topological polar surface area (TPSA) is 91.0 Å². The summed E-state index contributed by atoms with van der Waals surface area (Å²) in [5, 5.41) is 21.1. The number of rotatable bonds is 4. The van der Waals surface area contributed by atoms with E-state index in [1.807, 2.05) is 0 Å². The van der Waals surface area contributed by atoms with Gasteiger partial charge in [0.15, 0.2) is 11.5 Å². The van der Waals surface area contributed by atoms with Gasteiger partial charge in [0.2, 0.25) is 5.78 Å². The minimum Gasteiger partial charge on any atom is -0.508 e. The third-order valence-electron chi connectivity index (χ3n) is 4.51. The Balaban J connectivity index is 1.92. The van der Waals surface area contributed by atoms with Gasteiger partial charge in [-0.2, -0.15) is 0 Å². The van der Waals surface area contributed by atoms with E-state index >= 15 is 0 Å². The monoisotopic (exact) mass is 429 g/mol. The summed E-state index contributed by atoms with van der Waals surface area (Å²) in [6, 6.07) is 12.5. The normalized spacial score (nSPS) is 16.6. The van der Waals surface area contributed by atoms with Gasteiger partial charge in [0.25, 0.3) is 5.91 Å². The van der Waals surface area contributed by atoms with Gasteiger partial charge >= 0.3 is 0 Å². The summed E-state index contributed by atoms with van der Waals surface area (Å²) in [5.74, 6) is -2.25. The fourth-order valence-electron chi connectivity index (χ4n) is 3.33. The van der Waals surface area contributed by atoms with Crippen LogP contribution in [0.4, 0.5) is 5.69 Å². The molecule has 146 valence electrons. The molecule has 29 heavy (non-hydrogen) atoms. The summed E-state index contributed by atoms with van der Waals surface area (Å²) in [4.78, 5) is 27.2. The zero-order chi connectivity index (χ0) is 20.7. The largest absolute Gasteiger partial charge is 0.508 e. The van der Waals surface area contributed by atoms with Gasteiger partial charge in [-0.3, -0.25) is 14.5 Å². The standard InChI is InChI=1S/C21H13Cl2NO5/c22-12-8-13(23)10-14(9-12)24-18(11-3-1-4-15(25)7-11)17(20(27)21(24)28)19(26)16-5-2-6-29-16/h1-10,18,25,27H. The number of furan rings is 1. The summed E-state index contributed by atoms with van der Waals surface area (Å²) < 4.78 is 5.16.